The van der Waals surface area contributed by atoms with E-state index in [1.165, 1.54) is 11.8 Å². The lowest BCUT2D eigenvalue weighted by atomic mass is 10.6. The van der Waals surface area contributed by atoms with Gasteiger partial charge in [0.15, 0.2) is 0 Å². The van der Waals surface area contributed by atoms with E-state index in [1.54, 1.807) is 13.0 Å². The lowest BCUT2D eigenvalue weighted by Crippen LogP contribution is -2.11. The van der Waals surface area contributed by atoms with Crippen molar-refractivity contribution in [3.05, 3.63) is 6.07 Å². The molecular weight excluding hydrogens is 230 g/mol. The van der Waals surface area contributed by atoms with Crippen molar-refractivity contribution in [3.8, 4) is 0 Å². The van der Waals surface area contributed by atoms with Gasteiger partial charge in [0, 0.05) is 6.07 Å². The second-order valence-electron chi connectivity index (χ2n) is 2.69. The smallest absolute Gasteiger partial charge is 0.316 e. The van der Waals surface area contributed by atoms with E-state index in [9.17, 15) is 4.79 Å². The number of nitrogens with two attached hydrogens (primary N) is 2. The fourth-order valence-corrected chi connectivity index (χ4v) is 1.63. The molecule has 5 N–H and O–H groups in total. The maximum absolute atomic E-state index is 11.1. The first-order chi connectivity index (χ1) is 7.65. The molecule has 0 aromatic carbocycles. The summed E-state index contributed by atoms with van der Waals surface area (Å²) in [6.07, 6.45) is 0. The third-order valence-corrected chi connectivity index (χ3v) is 2.40. The molecule has 1 heterocycles. The van der Waals surface area contributed by atoms with Crippen molar-refractivity contribution >= 4 is 29.5 Å². The predicted octanol–water partition coefficient (Wildman–Crippen LogP) is -0.000400. The Morgan fingerprint density at radius 2 is 2.38 bits per heavy atom. The fourth-order valence-electron chi connectivity index (χ4n) is 0.926. The highest BCUT2D eigenvalue weighted by molar-refractivity contribution is 7.99. The van der Waals surface area contributed by atoms with Crippen LogP contribution in [0.3, 0.4) is 0 Å². The molecular formula is C8H13N5O2S. The van der Waals surface area contributed by atoms with Crippen LogP contribution < -0.4 is 17.0 Å². The minimum Gasteiger partial charge on any atom is -0.465 e. The summed E-state index contributed by atoms with van der Waals surface area (Å²) in [6.45, 7) is 2.11. The monoisotopic (exact) mass is 243 g/mol. The van der Waals surface area contributed by atoms with E-state index in [0.29, 0.717) is 17.5 Å². The van der Waals surface area contributed by atoms with E-state index in [2.05, 4.69) is 15.4 Å². The van der Waals surface area contributed by atoms with Crippen molar-refractivity contribution in [2.45, 2.75) is 11.9 Å². The molecule has 0 saturated heterocycles. The maximum Gasteiger partial charge on any atom is 0.316 e. The highest BCUT2D eigenvalue weighted by Gasteiger charge is 2.06. The van der Waals surface area contributed by atoms with Crippen LogP contribution in [-0.4, -0.2) is 28.3 Å². The molecule has 0 atom stereocenters. The first kappa shape index (κ1) is 12.5. The van der Waals surface area contributed by atoms with E-state index < -0.39 is 0 Å². The average Bonchev–Trinajstić information content (AvgIpc) is 2.26. The Balaban J connectivity index is 2.59. The summed E-state index contributed by atoms with van der Waals surface area (Å²) >= 11 is 1.21. The summed E-state index contributed by atoms with van der Waals surface area (Å²) in [4.78, 5) is 18.9. The lowest BCUT2D eigenvalue weighted by molar-refractivity contribution is -0.139. The fraction of sp³-hybridized carbons (Fsp3) is 0.375. The summed E-state index contributed by atoms with van der Waals surface area (Å²) in [5.41, 5.74) is 7.81. The Bertz CT molecular complexity index is 373. The van der Waals surface area contributed by atoms with Gasteiger partial charge in [0.05, 0.1) is 12.4 Å². The number of carbonyl (C=O) groups is 1. The van der Waals surface area contributed by atoms with Crippen molar-refractivity contribution < 1.29 is 9.53 Å². The standard InChI is InChI=1S/C8H13N5O2S/c1-2-15-7(14)4-16-6-3-5(13-10)11-8(9)12-6/h3H,2,4,10H2,1H3,(H3,9,11,12,13). The number of hydrazine groups is 1. The molecule has 7 nitrogen and oxygen atoms in total. The highest BCUT2D eigenvalue weighted by Crippen LogP contribution is 2.18. The van der Waals surface area contributed by atoms with Gasteiger partial charge in [-0.15, -0.1) is 0 Å². The van der Waals surface area contributed by atoms with Gasteiger partial charge in [0.2, 0.25) is 5.95 Å². The lowest BCUT2D eigenvalue weighted by Gasteiger charge is -2.04. The number of ether oxygens (including phenoxy) is 1. The van der Waals surface area contributed by atoms with Gasteiger partial charge in [-0.05, 0) is 6.92 Å². The zero-order valence-corrected chi connectivity index (χ0v) is 9.58. The molecule has 0 amide bonds. The van der Waals surface area contributed by atoms with Gasteiger partial charge in [-0.1, -0.05) is 11.8 Å². The third-order valence-electron chi connectivity index (χ3n) is 1.51. The predicted molar refractivity (Wildman–Crippen MR) is 61.6 cm³/mol. The number of aromatic nitrogens is 2. The van der Waals surface area contributed by atoms with Crippen LogP contribution >= 0.6 is 11.8 Å². The number of hydrogen-bond donors (Lipinski definition) is 3. The van der Waals surface area contributed by atoms with E-state index in [4.69, 9.17) is 16.3 Å². The number of carbonyl (C=O) groups excluding carboxylic acids is 1. The van der Waals surface area contributed by atoms with E-state index >= 15 is 0 Å². The highest BCUT2D eigenvalue weighted by atomic mass is 32.2. The van der Waals surface area contributed by atoms with Gasteiger partial charge in [-0.2, -0.15) is 4.98 Å². The van der Waals surface area contributed by atoms with Crippen LogP contribution in [0, 0.1) is 0 Å². The largest absolute Gasteiger partial charge is 0.465 e. The molecule has 0 radical (unpaired) electrons. The molecule has 0 fully saturated rings. The molecule has 88 valence electrons. The van der Waals surface area contributed by atoms with Crippen LogP contribution in [0.5, 0.6) is 0 Å². The third kappa shape index (κ3) is 3.91. The van der Waals surface area contributed by atoms with Crippen molar-refractivity contribution in [1.29, 1.82) is 0 Å². The molecule has 0 aliphatic rings. The molecule has 8 heteroatoms. The van der Waals surface area contributed by atoms with Crippen LogP contribution in [0.4, 0.5) is 11.8 Å². The van der Waals surface area contributed by atoms with Crippen LogP contribution in [-0.2, 0) is 9.53 Å². The Morgan fingerprint density at radius 1 is 1.62 bits per heavy atom. The van der Waals surface area contributed by atoms with Crippen molar-refractivity contribution in [2.75, 3.05) is 23.5 Å². The minimum atomic E-state index is -0.299. The summed E-state index contributed by atoms with van der Waals surface area (Å²) in [5, 5.41) is 0.563. The summed E-state index contributed by atoms with van der Waals surface area (Å²) in [5.74, 6) is 5.57. The molecule has 0 aliphatic heterocycles. The average molecular weight is 243 g/mol. The van der Waals surface area contributed by atoms with Crippen molar-refractivity contribution in [1.82, 2.24) is 9.97 Å². The van der Waals surface area contributed by atoms with E-state index in [0.717, 1.165) is 0 Å². The maximum atomic E-state index is 11.1. The number of thioether (sulfide) groups is 1. The van der Waals surface area contributed by atoms with Crippen LogP contribution in [0.15, 0.2) is 11.1 Å². The van der Waals surface area contributed by atoms with Crippen LogP contribution in [0.2, 0.25) is 0 Å². The first-order valence-corrected chi connectivity index (χ1v) is 5.54. The SMILES string of the molecule is CCOC(=O)CSc1cc(NN)nc(N)n1. The number of nitrogens with one attached hydrogen (secondary N) is 1. The zero-order chi connectivity index (χ0) is 12.0. The summed E-state index contributed by atoms with van der Waals surface area (Å²) in [7, 11) is 0. The number of esters is 1. The molecule has 0 saturated carbocycles. The Labute approximate surface area is 96.9 Å². The van der Waals surface area contributed by atoms with Gasteiger partial charge in [-0.25, -0.2) is 10.8 Å². The van der Waals surface area contributed by atoms with Gasteiger partial charge in [0.25, 0.3) is 0 Å². The van der Waals surface area contributed by atoms with E-state index in [-0.39, 0.29) is 17.7 Å². The first-order valence-electron chi connectivity index (χ1n) is 4.55. The Kier molecular flexibility index (Phi) is 4.80. The number of hydrogen-bond acceptors (Lipinski definition) is 8. The molecule has 1 aromatic heterocycles. The quantitative estimate of drug-likeness (QED) is 0.217. The second kappa shape index (κ2) is 6.13. The normalized spacial score (nSPS) is 9.88. The molecule has 16 heavy (non-hydrogen) atoms. The Hall–Kier alpha value is -1.54. The van der Waals surface area contributed by atoms with Gasteiger partial charge < -0.3 is 15.9 Å². The summed E-state index contributed by atoms with van der Waals surface area (Å²) < 4.78 is 4.78. The number of nitrogens with zero attached hydrogens (tertiary/aromatic N) is 2. The number of nitrogen functional groups attached to an aromatic ring is 2. The number of anilines is 2. The van der Waals surface area contributed by atoms with Gasteiger partial charge >= 0.3 is 5.97 Å². The molecule has 0 unspecified atom stereocenters. The van der Waals surface area contributed by atoms with Crippen molar-refractivity contribution in [2.24, 2.45) is 5.84 Å². The molecule has 0 spiro atoms. The zero-order valence-electron chi connectivity index (χ0n) is 8.77. The van der Waals surface area contributed by atoms with E-state index in [1.807, 2.05) is 0 Å². The summed E-state index contributed by atoms with van der Waals surface area (Å²) in [6, 6.07) is 1.60. The van der Waals surface area contributed by atoms with Crippen LogP contribution in [0.1, 0.15) is 6.92 Å². The molecule has 1 rings (SSSR count). The molecule has 1 aromatic rings. The number of rotatable bonds is 5. The second-order valence-corrected chi connectivity index (χ2v) is 3.68. The van der Waals surface area contributed by atoms with Gasteiger partial charge in [0.1, 0.15) is 10.8 Å². The topological polar surface area (TPSA) is 116 Å². The van der Waals surface area contributed by atoms with Gasteiger partial charge in [-0.3, -0.25) is 4.79 Å². The Morgan fingerprint density at radius 3 is 3.00 bits per heavy atom. The van der Waals surface area contributed by atoms with Crippen LogP contribution in [0.25, 0.3) is 0 Å². The molecule has 0 bridgehead atoms. The minimum absolute atomic E-state index is 0.0989. The molecule has 0 aliphatic carbocycles. The van der Waals surface area contributed by atoms with Crippen molar-refractivity contribution in [3.63, 3.8) is 0 Å².